The molecule has 7 heteroatoms. The van der Waals surface area contributed by atoms with E-state index in [1.54, 1.807) is 20.4 Å². The number of nitrogens with zero attached hydrogens (tertiary/aromatic N) is 2. The van der Waals surface area contributed by atoms with Gasteiger partial charge >= 0.3 is 5.97 Å². The molecular formula is C22H25N3O4. The zero-order valence-corrected chi connectivity index (χ0v) is 16.6. The molecule has 2 heterocycles. The van der Waals surface area contributed by atoms with Crippen molar-refractivity contribution >= 4 is 22.6 Å². The first kappa shape index (κ1) is 19.1. The maximum atomic E-state index is 12.2. The van der Waals surface area contributed by atoms with Gasteiger partial charge in [-0.25, -0.2) is 0 Å². The van der Waals surface area contributed by atoms with Crippen LogP contribution in [0.25, 0.3) is 10.9 Å². The monoisotopic (exact) mass is 395 g/mol. The van der Waals surface area contributed by atoms with Crippen molar-refractivity contribution in [3.05, 3.63) is 54.2 Å². The van der Waals surface area contributed by atoms with Crippen LogP contribution in [0.1, 0.15) is 11.6 Å². The molecule has 29 heavy (non-hydrogen) atoms. The van der Waals surface area contributed by atoms with Crippen LogP contribution >= 0.6 is 0 Å². The summed E-state index contributed by atoms with van der Waals surface area (Å²) in [7, 11) is 3.28. The molecule has 1 aliphatic heterocycles. The zero-order chi connectivity index (χ0) is 20.4. The number of hydrogen-bond acceptors (Lipinski definition) is 5. The molecule has 4 rings (SSSR count). The minimum absolute atomic E-state index is 0.645. The molecule has 1 fully saturated rings. The molecule has 2 aromatic carbocycles. The van der Waals surface area contributed by atoms with Gasteiger partial charge in [0.25, 0.3) is 0 Å². The van der Waals surface area contributed by atoms with E-state index in [1.165, 1.54) is 0 Å². The number of anilines is 1. The summed E-state index contributed by atoms with van der Waals surface area (Å²) >= 11 is 0. The van der Waals surface area contributed by atoms with Crippen LogP contribution in [-0.2, 0) is 4.79 Å². The molecule has 7 nitrogen and oxygen atoms in total. The van der Waals surface area contributed by atoms with E-state index in [0.717, 1.165) is 41.0 Å². The topological polar surface area (TPSA) is 78.0 Å². The summed E-state index contributed by atoms with van der Waals surface area (Å²) in [5.74, 6) is 0.697. The van der Waals surface area contributed by atoms with Gasteiger partial charge in [0.1, 0.15) is 17.5 Å². The van der Waals surface area contributed by atoms with Gasteiger partial charge in [0.2, 0.25) is 0 Å². The number of nitrogens with one attached hydrogen (secondary N) is 1. The van der Waals surface area contributed by atoms with Crippen molar-refractivity contribution in [3.63, 3.8) is 0 Å². The van der Waals surface area contributed by atoms with Crippen LogP contribution in [0.3, 0.4) is 0 Å². The maximum absolute atomic E-state index is 12.2. The average Bonchev–Trinajstić information content (AvgIpc) is 3.17. The van der Waals surface area contributed by atoms with E-state index in [4.69, 9.17) is 9.47 Å². The number of ether oxygens (including phenoxy) is 2. The summed E-state index contributed by atoms with van der Waals surface area (Å²) in [4.78, 5) is 19.7. The number of benzene rings is 2. The Bertz CT molecular complexity index is 1010. The van der Waals surface area contributed by atoms with E-state index in [-0.39, 0.29) is 0 Å². The molecule has 0 amide bonds. The van der Waals surface area contributed by atoms with Crippen LogP contribution in [0.2, 0.25) is 0 Å². The number of piperazine rings is 1. The average molecular weight is 395 g/mol. The maximum Gasteiger partial charge on any atom is 0.325 e. The van der Waals surface area contributed by atoms with Crippen LogP contribution in [0.4, 0.5) is 5.69 Å². The Kier molecular flexibility index (Phi) is 5.31. The van der Waals surface area contributed by atoms with Gasteiger partial charge in [0.05, 0.1) is 19.9 Å². The number of fused-ring (bicyclic) bond motifs is 1. The van der Waals surface area contributed by atoms with E-state index in [0.29, 0.717) is 18.8 Å². The second-order valence-electron chi connectivity index (χ2n) is 7.09. The Morgan fingerprint density at radius 1 is 1.07 bits per heavy atom. The van der Waals surface area contributed by atoms with Crippen LogP contribution < -0.4 is 14.4 Å². The number of para-hydroxylation sites is 2. The fourth-order valence-corrected chi connectivity index (χ4v) is 4.07. The molecular weight excluding hydrogens is 370 g/mol. The smallest absolute Gasteiger partial charge is 0.325 e. The summed E-state index contributed by atoms with van der Waals surface area (Å²) in [6.45, 7) is 2.75. The molecule has 1 aromatic heterocycles. The van der Waals surface area contributed by atoms with Gasteiger partial charge < -0.3 is 24.5 Å². The Balaban J connectivity index is 1.58. The Hall–Kier alpha value is -3.19. The molecule has 1 saturated heterocycles. The highest BCUT2D eigenvalue weighted by Gasteiger charge is 2.32. The minimum atomic E-state index is -0.848. The summed E-state index contributed by atoms with van der Waals surface area (Å²) in [5, 5.41) is 10.9. The van der Waals surface area contributed by atoms with E-state index >= 15 is 0 Å². The highest BCUT2D eigenvalue weighted by molar-refractivity contribution is 5.90. The van der Waals surface area contributed by atoms with Crippen molar-refractivity contribution in [2.24, 2.45) is 0 Å². The molecule has 0 spiro atoms. The number of aromatic amines is 1. The highest BCUT2D eigenvalue weighted by Crippen LogP contribution is 2.33. The molecule has 0 bridgehead atoms. The standard InChI is InChI=1S/C22H25N3O4/c1-28-15-7-8-18-16(13-15)17(14-23-18)21(22(26)27)25-11-9-24(10-12-25)19-5-3-4-6-20(19)29-2/h3-8,13-14,21,23H,9-12H2,1-2H3,(H,26,27). The third kappa shape index (κ3) is 3.61. The number of H-pyrrole nitrogens is 1. The van der Waals surface area contributed by atoms with E-state index in [2.05, 4.69) is 9.88 Å². The van der Waals surface area contributed by atoms with Crippen LogP contribution in [0, 0.1) is 0 Å². The van der Waals surface area contributed by atoms with Gasteiger partial charge in [-0.2, -0.15) is 0 Å². The van der Waals surface area contributed by atoms with Crippen molar-refractivity contribution in [2.45, 2.75) is 6.04 Å². The highest BCUT2D eigenvalue weighted by atomic mass is 16.5. The minimum Gasteiger partial charge on any atom is -0.497 e. The zero-order valence-electron chi connectivity index (χ0n) is 16.6. The van der Waals surface area contributed by atoms with Crippen molar-refractivity contribution in [3.8, 4) is 11.5 Å². The molecule has 3 aromatic rings. The number of hydrogen-bond donors (Lipinski definition) is 2. The van der Waals surface area contributed by atoms with Crippen LogP contribution in [-0.4, -0.2) is 61.4 Å². The third-order valence-corrected chi connectivity index (χ3v) is 5.55. The fraction of sp³-hybridized carbons (Fsp3) is 0.318. The molecule has 1 atom stereocenters. The molecule has 152 valence electrons. The lowest BCUT2D eigenvalue weighted by molar-refractivity contribution is -0.143. The summed E-state index contributed by atoms with van der Waals surface area (Å²) in [6, 6.07) is 12.9. The Morgan fingerprint density at radius 2 is 1.83 bits per heavy atom. The van der Waals surface area contributed by atoms with Gasteiger partial charge in [-0.15, -0.1) is 0 Å². The van der Waals surface area contributed by atoms with E-state index in [1.807, 2.05) is 47.4 Å². The second kappa shape index (κ2) is 8.05. The molecule has 0 saturated carbocycles. The third-order valence-electron chi connectivity index (χ3n) is 5.55. The largest absolute Gasteiger partial charge is 0.497 e. The normalized spacial score (nSPS) is 16.0. The summed E-state index contributed by atoms with van der Waals surface area (Å²) in [5.41, 5.74) is 2.70. The molecule has 1 unspecified atom stereocenters. The first-order valence-corrected chi connectivity index (χ1v) is 9.62. The number of methoxy groups -OCH3 is 2. The van der Waals surface area contributed by atoms with Crippen LogP contribution in [0.5, 0.6) is 11.5 Å². The van der Waals surface area contributed by atoms with E-state index < -0.39 is 12.0 Å². The van der Waals surface area contributed by atoms with E-state index in [9.17, 15) is 9.90 Å². The quantitative estimate of drug-likeness (QED) is 0.668. The number of carbonyl (C=O) groups is 1. The number of carboxylic acids is 1. The predicted octanol–water partition coefficient (Wildman–Crippen LogP) is 3.13. The lowest BCUT2D eigenvalue weighted by atomic mass is 10.0. The van der Waals surface area contributed by atoms with Crippen molar-refractivity contribution in [2.75, 3.05) is 45.3 Å². The summed E-state index contributed by atoms with van der Waals surface area (Å²) < 4.78 is 10.8. The number of carboxylic acid groups (broad SMARTS) is 1. The SMILES string of the molecule is COc1ccc2[nH]cc(C(C(=O)O)N3CCN(c4ccccc4OC)CC3)c2c1. The van der Waals surface area contributed by atoms with Crippen LogP contribution in [0.15, 0.2) is 48.7 Å². The molecule has 1 aliphatic rings. The molecule has 0 aliphatic carbocycles. The predicted molar refractivity (Wildman–Crippen MR) is 112 cm³/mol. The first-order chi connectivity index (χ1) is 14.1. The van der Waals surface area contributed by atoms with Gasteiger partial charge in [0.15, 0.2) is 0 Å². The van der Waals surface area contributed by atoms with Gasteiger partial charge in [-0.05, 0) is 30.3 Å². The van der Waals surface area contributed by atoms with Gasteiger partial charge in [-0.1, -0.05) is 12.1 Å². The molecule has 0 radical (unpaired) electrons. The molecule has 2 N–H and O–H groups in total. The lowest BCUT2D eigenvalue weighted by Gasteiger charge is -2.39. The Labute approximate surface area is 169 Å². The Morgan fingerprint density at radius 3 is 2.52 bits per heavy atom. The van der Waals surface area contributed by atoms with Crippen molar-refractivity contribution < 1.29 is 19.4 Å². The van der Waals surface area contributed by atoms with Gasteiger partial charge in [0, 0.05) is 48.8 Å². The first-order valence-electron chi connectivity index (χ1n) is 9.62. The van der Waals surface area contributed by atoms with Crippen molar-refractivity contribution in [1.82, 2.24) is 9.88 Å². The fourth-order valence-electron chi connectivity index (χ4n) is 4.07. The van der Waals surface area contributed by atoms with Crippen molar-refractivity contribution in [1.29, 1.82) is 0 Å². The summed E-state index contributed by atoms with van der Waals surface area (Å²) in [6.07, 6.45) is 1.80. The number of aliphatic carboxylic acids is 1. The number of rotatable bonds is 6. The lowest BCUT2D eigenvalue weighted by Crippen LogP contribution is -2.49. The van der Waals surface area contributed by atoms with Gasteiger partial charge in [-0.3, -0.25) is 9.69 Å². The number of aromatic nitrogens is 1. The second-order valence-corrected chi connectivity index (χ2v) is 7.09.